The predicted molar refractivity (Wildman–Crippen MR) is 71.8 cm³/mol. The van der Waals surface area contributed by atoms with Crippen LogP contribution in [0.25, 0.3) is 0 Å². The SMILES string of the molecule is CCn1cc(S(=O)(=O)N(C)CCS(C)(=O)=O)c(N)n1. The van der Waals surface area contributed by atoms with Crippen LogP contribution in [-0.2, 0) is 26.4 Å². The molecule has 0 unspecified atom stereocenters. The van der Waals surface area contributed by atoms with E-state index in [0.29, 0.717) is 6.54 Å². The first-order valence-corrected chi connectivity index (χ1v) is 9.05. The van der Waals surface area contributed by atoms with Crippen molar-refractivity contribution in [3.05, 3.63) is 6.20 Å². The summed E-state index contributed by atoms with van der Waals surface area (Å²) in [6.07, 6.45) is 2.39. The topological polar surface area (TPSA) is 115 Å². The summed E-state index contributed by atoms with van der Waals surface area (Å²) in [5, 5.41) is 3.86. The first kappa shape index (κ1) is 15.9. The van der Waals surface area contributed by atoms with Crippen molar-refractivity contribution in [2.75, 3.05) is 31.3 Å². The third-order valence-corrected chi connectivity index (χ3v) is 5.34. The van der Waals surface area contributed by atoms with Gasteiger partial charge in [0.1, 0.15) is 14.7 Å². The summed E-state index contributed by atoms with van der Waals surface area (Å²) >= 11 is 0. The Hall–Kier alpha value is -1.13. The molecule has 0 aliphatic carbocycles. The quantitative estimate of drug-likeness (QED) is 0.732. The number of sulfonamides is 1. The van der Waals surface area contributed by atoms with E-state index in [2.05, 4.69) is 5.10 Å². The van der Waals surface area contributed by atoms with Gasteiger partial charge in [-0.25, -0.2) is 16.8 Å². The largest absolute Gasteiger partial charge is 0.381 e. The molecule has 1 aromatic rings. The maximum Gasteiger partial charge on any atom is 0.248 e. The van der Waals surface area contributed by atoms with E-state index in [-0.39, 0.29) is 23.0 Å². The molecule has 0 atom stereocenters. The molecule has 0 amide bonds. The third kappa shape index (κ3) is 3.91. The van der Waals surface area contributed by atoms with Crippen molar-refractivity contribution in [2.45, 2.75) is 18.4 Å². The van der Waals surface area contributed by atoms with E-state index in [1.165, 1.54) is 17.9 Å². The molecule has 0 fully saturated rings. The minimum absolute atomic E-state index is 0.0898. The molecular weight excluding hydrogens is 292 g/mol. The number of nitrogens with two attached hydrogens (primary N) is 1. The van der Waals surface area contributed by atoms with Crippen molar-refractivity contribution in [3.63, 3.8) is 0 Å². The molecule has 0 saturated carbocycles. The van der Waals surface area contributed by atoms with E-state index in [1.807, 2.05) is 0 Å². The predicted octanol–water partition coefficient (Wildman–Crippen LogP) is -0.850. The van der Waals surface area contributed by atoms with Crippen molar-refractivity contribution in [2.24, 2.45) is 0 Å². The summed E-state index contributed by atoms with van der Waals surface area (Å²) in [4.78, 5) is -0.106. The van der Waals surface area contributed by atoms with E-state index in [0.717, 1.165) is 10.6 Å². The lowest BCUT2D eigenvalue weighted by molar-refractivity contribution is 0.485. The van der Waals surface area contributed by atoms with Crippen molar-refractivity contribution in [3.8, 4) is 0 Å². The van der Waals surface area contributed by atoms with Crippen LogP contribution in [0.15, 0.2) is 11.1 Å². The van der Waals surface area contributed by atoms with Gasteiger partial charge in [0.2, 0.25) is 10.0 Å². The number of anilines is 1. The fraction of sp³-hybridized carbons (Fsp3) is 0.667. The molecule has 110 valence electrons. The van der Waals surface area contributed by atoms with Gasteiger partial charge in [-0.1, -0.05) is 0 Å². The summed E-state index contributed by atoms with van der Waals surface area (Å²) in [7, 11) is -5.74. The maximum absolute atomic E-state index is 12.2. The average molecular weight is 310 g/mol. The fourth-order valence-corrected chi connectivity index (χ4v) is 3.31. The van der Waals surface area contributed by atoms with Crippen molar-refractivity contribution in [1.29, 1.82) is 0 Å². The van der Waals surface area contributed by atoms with E-state index >= 15 is 0 Å². The van der Waals surface area contributed by atoms with E-state index in [1.54, 1.807) is 6.92 Å². The number of rotatable bonds is 6. The molecule has 0 bridgehead atoms. The Kier molecular flexibility index (Phi) is 4.59. The van der Waals surface area contributed by atoms with Crippen molar-refractivity contribution >= 4 is 25.7 Å². The molecule has 0 saturated heterocycles. The molecule has 0 aromatic carbocycles. The normalized spacial score (nSPS) is 13.1. The first-order valence-electron chi connectivity index (χ1n) is 5.55. The number of nitrogen functional groups attached to an aromatic ring is 1. The Morgan fingerprint density at radius 3 is 2.37 bits per heavy atom. The molecule has 8 nitrogen and oxygen atoms in total. The maximum atomic E-state index is 12.2. The van der Waals surface area contributed by atoms with Gasteiger partial charge in [-0.05, 0) is 6.92 Å². The molecule has 0 radical (unpaired) electrons. The lowest BCUT2D eigenvalue weighted by Gasteiger charge is -2.15. The molecule has 19 heavy (non-hydrogen) atoms. The Balaban J connectivity index is 2.99. The van der Waals surface area contributed by atoms with Crippen LogP contribution in [0, 0.1) is 0 Å². The number of aryl methyl sites for hydroxylation is 1. The Morgan fingerprint density at radius 1 is 1.37 bits per heavy atom. The second-order valence-electron chi connectivity index (χ2n) is 4.19. The fourth-order valence-electron chi connectivity index (χ4n) is 1.36. The highest BCUT2D eigenvalue weighted by Gasteiger charge is 2.26. The van der Waals surface area contributed by atoms with Gasteiger partial charge in [-0.3, -0.25) is 4.68 Å². The minimum Gasteiger partial charge on any atom is -0.381 e. The third-order valence-electron chi connectivity index (χ3n) is 2.54. The summed E-state index contributed by atoms with van der Waals surface area (Å²) < 4.78 is 48.9. The van der Waals surface area contributed by atoms with Gasteiger partial charge in [0.25, 0.3) is 0 Å². The second kappa shape index (κ2) is 5.47. The molecule has 1 aromatic heterocycles. The summed E-state index contributed by atoms with van der Waals surface area (Å²) in [5.74, 6) is -0.335. The number of sulfone groups is 1. The zero-order chi connectivity index (χ0) is 14.8. The van der Waals surface area contributed by atoms with Crippen LogP contribution in [0.1, 0.15) is 6.92 Å². The Bertz CT molecular complexity index is 648. The smallest absolute Gasteiger partial charge is 0.248 e. The molecule has 1 rings (SSSR count). The number of hydrogen-bond acceptors (Lipinski definition) is 6. The van der Waals surface area contributed by atoms with Gasteiger partial charge in [-0.15, -0.1) is 0 Å². The molecule has 2 N–H and O–H groups in total. The highest BCUT2D eigenvalue weighted by atomic mass is 32.2. The number of aromatic nitrogens is 2. The standard InChI is InChI=1S/C9H18N4O4S2/c1-4-13-7-8(9(10)11-13)19(16,17)12(2)5-6-18(3,14)15/h7H,4-6H2,1-3H3,(H2,10,11). The van der Waals surface area contributed by atoms with Crippen LogP contribution in [0.4, 0.5) is 5.82 Å². The summed E-state index contributed by atoms with van der Waals surface area (Å²) in [5.41, 5.74) is 5.57. The number of hydrogen-bond donors (Lipinski definition) is 1. The molecular formula is C9H18N4O4S2. The monoisotopic (exact) mass is 310 g/mol. The summed E-state index contributed by atoms with van der Waals surface area (Å²) in [6, 6.07) is 0. The molecule has 10 heteroatoms. The van der Waals surface area contributed by atoms with E-state index in [9.17, 15) is 16.8 Å². The van der Waals surface area contributed by atoms with Gasteiger partial charge in [0.15, 0.2) is 5.82 Å². The summed E-state index contributed by atoms with van der Waals surface area (Å²) in [6.45, 7) is 2.17. The molecule has 1 heterocycles. The first-order chi connectivity index (χ1) is 8.58. The second-order valence-corrected chi connectivity index (χ2v) is 8.46. The van der Waals surface area contributed by atoms with Crippen molar-refractivity contribution in [1.82, 2.24) is 14.1 Å². The van der Waals surface area contributed by atoms with Crippen LogP contribution in [0.3, 0.4) is 0 Å². The van der Waals surface area contributed by atoms with Crippen LogP contribution in [-0.4, -0.2) is 56.5 Å². The van der Waals surface area contributed by atoms with Crippen LogP contribution in [0.5, 0.6) is 0 Å². The van der Waals surface area contributed by atoms with E-state index in [4.69, 9.17) is 5.73 Å². The van der Waals surface area contributed by atoms with Gasteiger partial charge >= 0.3 is 0 Å². The zero-order valence-corrected chi connectivity index (χ0v) is 12.7. The van der Waals surface area contributed by atoms with E-state index < -0.39 is 19.9 Å². The number of nitrogens with zero attached hydrogens (tertiary/aromatic N) is 3. The molecule has 0 aliphatic rings. The van der Waals surface area contributed by atoms with Crippen molar-refractivity contribution < 1.29 is 16.8 Å². The lowest BCUT2D eigenvalue weighted by atomic mass is 10.6. The van der Waals surface area contributed by atoms with Gasteiger partial charge in [0, 0.05) is 32.6 Å². The average Bonchev–Trinajstić information content (AvgIpc) is 2.67. The van der Waals surface area contributed by atoms with Gasteiger partial charge < -0.3 is 5.73 Å². The lowest BCUT2D eigenvalue weighted by Crippen LogP contribution is -2.31. The molecule has 0 aliphatic heterocycles. The highest BCUT2D eigenvalue weighted by molar-refractivity contribution is 7.91. The Labute approximate surface area is 113 Å². The van der Waals surface area contributed by atoms with Gasteiger partial charge in [-0.2, -0.15) is 9.40 Å². The van der Waals surface area contributed by atoms with Crippen LogP contribution in [0.2, 0.25) is 0 Å². The molecule has 0 spiro atoms. The zero-order valence-electron chi connectivity index (χ0n) is 11.1. The Morgan fingerprint density at radius 2 is 1.95 bits per heavy atom. The van der Waals surface area contributed by atoms with Crippen LogP contribution >= 0.6 is 0 Å². The minimum atomic E-state index is -3.82. The van der Waals surface area contributed by atoms with Gasteiger partial charge in [0.05, 0.1) is 5.75 Å². The highest BCUT2D eigenvalue weighted by Crippen LogP contribution is 2.20. The van der Waals surface area contributed by atoms with Crippen LogP contribution < -0.4 is 5.73 Å².